The van der Waals surface area contributed by atoms with Crippen molar-refractivity contribution < 1.29 is 19.6 Å². The Morgan fingerprint density at radius 2 is 2.30 bits per heavy atom. The van der Waals surface area contributed by atoms with Crippen LogP contribution >= 0.6 is 0 Å². The molecule has 110 valence electrons. The Morgan fingerprint density at radius 1 is 1.65 bits per heavy atom. The summed E-state index contributed by atoms with van der Waals surface area (Å²) in [5.74, 6) is -1.52. The lowest BCUT2D eigenvalue weighted by Crippen LogP contribution is -2.43. The van der Waals surface area contributed by atoms with E-state index in [2.05, 4.69) is 10.3 Å². The van der Waals surface area contributed by atoms with E-state index < -0.39 is 29.3 Å². The number of carbonyl (C=O) groups excluding carboxylic acids is 1. The Kier molecular flexibility index (Phi) is 5.15. The molecule has 0 fully saturated rings. The Bertz CT molecular complexity index is 526. The first kappa shape index (κ1) is 15.6. The number of carboxylic acid groups (broad SMARTS) is 1. The molecule has 0 spiro atoms. The van der Waals surface area contributed by atoms with Gasteiger partial charge in [0.2, 0.25) is 5.91 Å². The molecule has 0 aliphatic carbocycles. The van der Waals surface area contributed by atoms with Crippen LogP contribution in [0.4, 0.5) is 5.82 Å². The molecule has 1 rings (SSSR count). The fraction of sp³-hybridized carbons (Fsp3) is 0.500. The Morgan fingerprint density at radius 3 is 2.85 bits per heavy atom. The van der Waals surface area contributed by atoms with E-state index in [0.29, 0.717) is 5.82 Å². The standard InChI is InChI=1S/C10H15N5O5/c1-6-13-5-8(15(19)20)14(6)3-2-12-10(18)7(11)4-9(16)17/h5,7H,2-4,11H2,1H3,(H,12,18)(H,16,17)/t7-/m1/s1. The van der Waals surface area contributed by atoms with Gasteiger partial charge in [0, 0.05) is 6.92 Å². The molecule has 1 heterocycles. The number of aliphatic carboxylic acids is 1. The first-order valence-electron chi connectivity index (χ1n) is 5.74. The summed E-state index contributed by atoms with van der Waals surface area (Å²) in [7, 11) is 0. The van der Waals surface area contributed by atoms with Crippen LogP contribution in [-0.4, -0.2) is 44.0 Å². The van der Waals surface area contributed by atoms with Gasteiger partial charge in [-0.1, -0.05) is 0 Å². The van der Waals surface area contributed by atoms with Gasteiger partial charge in [-0.3, -0.25) is 9.59 Å². The molecule has 4 N–H and O–H groups in total. The molecule has 1 amide bonds. The number of rotatable bonds is 7. The predicted octanol–water partition coefficient (Wildman–Crippen LogP) is -0.982. The second-order valence-corrected chi connectivity index (χ2v) is 4.07. The fourth-order valence-electron chi connectivity index (χ4n) is 1.58. The van der Waals surface area contributed by atoms with Crippen molar-refractivity contribution in [2.24, 2.45) is 5.73 Å². The van der Waals surface area contributed by atoms with Crippen LogP contribution in [0.5, 0.6) is 0 Å². The van der Waals surface area contributed by atoms with Crippen LogP contribution < -0.4 is 11.1 Å². The van der Waals surface area contributed by atoms with Gasteiger partial charge in [0.25, 0.3) is 0 Å². The fourth-order valence-corrected chi connectivity index (χ4v) is 1.58. The highest BCUT2D eigenvalue weighted by molar-refractivity contribution is 5.85. The summed E-state index contributed by atoms with van der Waals surface area (Å²) in [5.41, 5.74) is 5.37. The first-order chi connectivity index (χ1) is 9.32. The normalized spacial score (nSPS) is 11.9. The zero-order valence-corrected chi connectivity index (χ0v) is 10.8. The largest absolute Gasteiger partial charge is 0.481 e. The number of hydrogen-bond acceptors (Lipinski definition) is 6. The van der Waals surface area contributed by atoms with Gasteiger partial charge >= 0.3 is 11.8 Å². The molecule has 0 aromatic carbocycles. The van der Waals surface area contributed by atoms with Crippen molar-refractivity contribution in [3.05, 3.63) is 22.1 Å². The smallest absolute Gasteiger partial charge is 0.342 e. The van der Waals surface area contributed by atoms with Crippen molar-refractivity contribution in [1.82, 2.24) is 14.9 Å². The maximum atomic E-state index is 11.5. The molecule has 0 saturated heterocycles. The van der Waals surface area contributed by atoms with E-state index in [0.717, 1.165) is 6.20 Å². The number of nitrogens with zero attached hydrogens (tertiary/aromatic N) is 3. The van der Waals surface area contributed by atoms with E-state index in [-0.39, 0.29) is 18.9 Å². The molecule has 0 aliphatic heterocycles. The summed E-state index contributed by atoms with van der Waals surface area (Å²) in [6.07, 6.45) is 0.656. The van der Waals surface area contributed by atoms with E-state index in [1.54, 1.807) is 6.92 Å². The molecular formula is C10H15N5O5. The summed E-state index contributed by atoms with van der Waals surface area (Å²) in [4.78, 5) is 35.8. The number of aromatic nitrogens is 2. The van der Waals surface area contributed by atoms with Gasteiger partial charge in [-0.2, -0.15) is 0 Å². The molecule has 10 nitrogen and oxygen atoms in total. The Hall–Kier alpha value is -2.49. The highest BCUT2D eigenvalue weighted by Gasteiger charge is 2.19. The third-order valence-corrected chi connectivity index (χ3v) is 2.59. The molecular weight excluding hydrogens is 270 g/mol. The van der Waals surface area contributed by atoms with E-state index in [1.807, 2.05) is 0 Å². The van der Waals surface area contributed by atoms with E-state index >= 15 is 0 Å². The van der Waals surface area contributed by atoms with Crippen LogP contribution in [0, 0.1) is 17.0 Å². The van der Waals surface area contributed by atoms with Crippen molar-refractivity contribution in [1.29, 1.82) is 0 Å². The predicted molar refractivity (Wildman–Crippen MR) is 66.9 cm³/mol. The van der Waals surface area contributed by atoms with Gasteiger partial charge in [-0.05, 0) is 4.92 Å². The highest BCUT2D eigenvalue weighted by atomic mass is 16.6. The van der Waals surface area contributed by atoms with Crippen LogP contribution in [0.1, 0.15) is 12.2 Å². The lowest BCUT2D eigenvalue weighted by molar-refractivity contribution is -0.392. The molecule has 0 radical (unpaired) electrons. The Labute approximate surface area is 113 Å². The van der Waals surface area contributed by atoms with E-state index in [4.69, 9.17) is 10.8 Å². The van der Waals surface area contributed by atoms with Crippen LogP contribution in [-0.2, 0) is 16.1 Å². The summed E-state index contributed by atoms with van der Waals surface area (Å²) in [6, 6.07) is -1.15. The number of hydrogen-bond donors (Lipinski definition) is 3. The minimum atomic E-state index is -1.17. The molecule has 1 atom stereocenters. The van der Waals surface area contributed by atoms with Crippen molar-refractivity contribution in [2.45, 2.75) is 25.9 Å². The molecule has 0 aliphatic rings. The third-order valence-electron chi connectivity index (χ3n) is 2.59. The number of carbonyl (C=O) groups is 2. The highest BCUT2D eigenvalue weighted by Crippen LogP contribution is 2.12. The monoisotopic (exact) mass is 285 g/mol. The summed E-state index contributed by atoms with van der Waals surface area (Å²) in [5, 5.41) is 21.6. The number of aryl methyl sites for hydroxylation is 1. The quantitative estimate of drug-likeness (QED) is 0.429. The van der Waals surface area contributed by atoms with E-state index in [9.17, 15) is 19.7 Å². The lowest BCUT2D eigenvalue weighted by atomic mass is 10.2. The summed E-state index contributed by atoms with van der Waals surface area (Å²) in [6.45, 7) is 1.84. The SMILES string of the molecule is Cc1ncc([N+](=O)[O-])n1CCNC(=O)[C@H](N)CC(=O)O. The van der Waals surface area contributed by atoms with Crippen molar-refractivity contribution in [3.63, 3.8) is 0 Å². The average Bonchev–Trinajstić information content (AvgIpc) is 2.70. The van der Waals surface area contributed by atoms with Gasteiger partial charge in [-0.25, -0.2) is 9.55 Å². The van der Waals surface area contributed by atoms with Crippen LogP contribution in [0.15, 0.2) is 6.20 Å². The van der Waals surface area contributed by atoms with Gasteiger partial charge in [0.15, 0.2) is 5.82 Å². The van der Waals surface area contributed by atoms with Gasteiger partial charge in [0.1, 0.15) is 12.7 Å². The van der Waals surface area contributed by atoms with Gasteiger partial charge < -0.3 is 26.3 Å². The second kappa shape index (κ2) is 6.61. The van der Waals surface area contributed by atoms with Crippen molar-refractivity contribution in [3.8, 4) is 0 Å². The topological polar surface area (TPSA) is 153 Å². The number of nitro groups is 1. The third kappa shape index (κ3) is 4.02. The number of carboxylic acids is 1. The lowest BCUT2D eigenvalue weighted by Gasteiger charge is -2.09. The second-order valence-electron chi connectivity index (χ2n) is 4.07. The van der Waals surface area contributed by atoms with E-state index in [1.165, 1.54) is 4.57 Å². The number of imidazole rings is 1. The molecule has 1 aromatic heterocycles. The maximum absolute atomic E-state index is 11.5. The summed E-state index contributed by atoms with van der Waals surface area (Å²) >= 11 is 0. The first-order valence-corrected chi connectivity index (χ1v) is 5.74. The van der Waals surface area contributed by atoms with Crippen molar-refractivity contribution in [2.75, 3.05) is 6.54 Å². The van der Waals surface area contributed by atoms with Crippen molar-refractivity contribution >= 4 is 17.7 Å². The molecule has 0 bridgehead atoms. The average molecular weight is 285 g/mol. The molecule has 0 saturated carbocycles. The number of nitrogens with one attached hydrogen (secondary N) is 1. The van der Waals surface area contributed by atoms with Gasteiger partial charge in [0.05, 0.1) is 19.0 Å². The van der Waals surface area contributed by atoms with Crippen LogP contribution in [0.2, 0.25) is 0 Å². The number of nitrogens with two attached hydrogens (primary N) is 1. The minimum Gasteiger partial charge on any atom is -0.481 e. The van der Waals surface area contributed by atoms with Gasteiger partial charge in [-0.15, -0.1) is 0 Å². The zero-order valence-electron chi connectivity index (χ0n) is 10.8. The molecule has 20 heavy (non-hydrogen) atoms. The minimum absolute atomic E-state index is 0.0875. The summed E-state index contributed by atoms with van der Waals surface area (Å²) < 4.78 is 1.34. The molecule has 1 aromatic rings. The molecule has 0 unspecified atom stereocenters. The van der Waals surface area contributed by atoms with Crippen LogP contribution in [0.25, 0.3) is 0 Å². The Balaban J connectivity index is 2.53. The van der Waals surface area contributed by atoms with Crippen LogP contribution in [0.3, 0.4) is 0 Å². The molecule has 10 heteroatoms. The zero-order chi connectivity index (χ0) is 15.3. The number of amides is 1. The maximum Gasteiger partial charge on any atom is 0.342 e.